The Balaban J connectivity index is 1.35. The first-order chi connectivity index (χ1) is 23.6. The SMILES string of the molecule is C=C/C(=C\C=C/C)c1ccc(N(c2ccc(-c3cccc(-c4ccccc4)c3)cc2)c2c(C)ccc3c2ccn3-c2ccccc2)cc1. The molecule has 0 bridgehead atoms. The van der Waals surface area contributed by atoms with Gasteiger partial charge in [0.1, 0.15) is 0 Å². The second-order valence-electron chi connectivity index (χ2n) is 11.9. The number of fused-ring (bicyclic) bond motifs is 1. The first kappa shape index (κ1) is 30.5. The Morgan fingerprint density at radius 2 is 1.23 bits per heavy atom. The van der Waals surface area contributed by atoms with Crippen molar-refractivity contribution in [2.24, 2.45) is 0 Å². The van der Waals surface area contributed by atoms with Crippen LogP contribution in [0.25, 0.3) is 44.4 Å². The highest BCUT2D eigenvalue weighted by Crippen LogP contribution is 2.43. The molecule has 0 aliphatic rings. The fourth-order valence-corrected chi connectivity index (χ4v) is 6.42. The number of benzene rings is 6. The molecule has 0 amide bonds. The maximum absolute atomic E-state index is 4.06. The highest BCUT2D eigenvalue weighted by atomic mass is 15.1. The van der Waals surface area contributed by atoms with Gasteiger partial charge in [0.05, 0.1) is 11.2 Å². The van der Waals surface area contributed by atoms with Crippen LogP contribution in [0, 0.1) is 6.92 Å². The molecular formula is C46H38N2. The molecule has 6 aromatic carbocycles. The summed E-state index contributed by atoms with van der Waals surface area (Å²) in [7, 11) is 0. The quantitative estimate of drug-likeness (QED) is 0.146. The summed E-state index contributed by atoms with van der Waals surface area (Å²) in [6, 6.07) is 54.3. The first-order valence-corrected chi connectivity index (χ1v) is 16.4. The number of aromatic nitrogens is 1. The van der Waals surface area contributed by atoms with E-state index in [0.717, 1.165) is 28.2 Å². The second kappa shape index (κ2) is 13.7. The molecule has 0 fully saturated rings. The van der Waals surface area contributed by atoms with Crippen LogP contribution in [0.5, 0.6) is 0 Å². The van der Waals surface area contributed by atoms with E-state index in [1.54, 1.807) is 0 Å². The van der Waals surface area contributed by atoms with Crippen molar-refractivity contribution in [1.82, 2.24) is 4.57 Å². The molecule has 7 rings (SSSR count). The molecule has 0 saturated heterocycles. The van der Waals surface area contributed by atoms with Crippen LogP contribution in [0.2, 0.25) is 0 Å². The van der Waals surface area contributed by atoms with Crippen LogP contribution in [0.15, 0.2) is 189 Å². The van der Waals surface area contributed by atoms with Gasteiger partial charge < -0.3 is 9.47 Å². The molecule has 7 aromatic rings. The van der Waals surface area contributed by atoms with Gasteiger partial charge in [-0.15, -0.1) is 0 Å². The lowest BCUT2D eigenvalue weighted by atomic mass is 9.98. The Morgan fingerprint density at radius 1 is 0.625 bits per heavy atom. The summed E-state index contributed by atoms with van der Waals surface area (Å²) >= 11 is 0. The van der Waals surface area contributed by atoms with Crippen LogP contribution >= 0.6 is 0 Å². The topological polar surface area (TPSA) is 8.17 Å². The Kier molecular flexibility index (Phi) is 8.72. The van der Waals surface area contributed by atoms with E-state index in [0.29, 0.717) is 0 Å². The van der Waals surface area contributed by atoms with Gasteiger partial charge in [0.2, 0.25) is 0 Å². The highest BCUT2D eigenvalue weighted by molar-refractivity contribution is 6.00. The molecule has 2 nitrogen and oxygen atoms in total. The van der Waals surface area contributed by atoms with E-state index in [1.807, 2.05) is 19.1 Å². The van der Waals surface area contributed by atoms with E-state index in [9.17, 15) is 0 Å². The van der Waals surface area contributed by atoms with Crippen molar-refractivity contribution in [1.29, 1.82) is 0 Å². The van der Waals surface area contributed by atoms with E-state index < -0.39 is 0 Å². The molecule has 1 heterocycles. The number of rotatable bonds is 9. The molecule has 0 unspecified atom stereocenters. The molecule has 1 aromatic heterocycles. The van der Waals surface area contributed by atoms with Gasteiger partial charge in [0, 0.05) is 28.6 Å². The summed E-state index contributed by atoms with van der Waals surface area (Å²) in [6.45, 7) is 8.29. The number of allylic oxidation sites excluding steroid dienone is 5. The van der Waals surface area contributed by atoms with Gasteiger partial charge >= 0.3 is 0 Å². The molecule has 48 heavy (non-hydrogen) atoms. The van der Waals surface area contributed by atoms with Crippen molar-refractivity contribution >= 4 is 33.5 Å². The predicted molar refractivity (Wildman–Crippen MR) is 207 cm³/mol. The summed E-state index contributed by atoms with van der Waals surface area (Å²) in [5, 5.41) is 1.20. The van der Waals surface area contributed by atoms with Crippen LogP contribution in [0.4, 0.5) is 17.1 Å². The smallest absolute Gasteiger partial charge is 0.0584 e. The van der Waals surface area contributed by atoms with Crippen molar-refractivity contribution in [3.63, 3.8) is 0 Å². The number of para-hydroxylation sites is 1. The van der Waals surface area contributed by atoms with Gasteiger partial charge in [-0.1, -0.05) is 128 Å². The standard InChI is InChI=1S/C46H38N2/c1-4-6-14-35(5-2)37-22-26-42(27-23-37)48(46-34(3)21-30-45-44(46)31-32-47(45)41-19-11-8-12-20-41)43-28-24-38(25-29-43)40-18-13-17-39(33-40)36-15-9-7-10-16-36/h4-33H,2H2,1,3H3/b6-4-,35-14+. The Labute approximate surface area is 283 Å². The van der Waals surface area contributed by atoms with Crippen LogP contribution in [0.1, 0.15) is 18.1 Å². The fourth-order valence-electron chi connectivity index (χ4n) is 6.42. The third-order valence-corrected chi connectivity index (χ3v) is 8.88. The summed E-state index contributed by atoms with van der Waals surface area (Å²) in [5.41, 5.74) is 13.9. The van der Waals surface area contributed by atoms with Crippen molar-refractivity contribution in [2.75, 3.05) is 4.90 Å². The van der Waals surface area contributed by atoms with E-state index >= 15 is 0 Å². The minimum Gasteiger partial charge on any atom is -0.316 e. The number of anilines is 3. The molecule has 2 heteroatoms. The van der Waals surface area contributed by atoms with Gasteiger partial charge in [0.25, 0.3) is 0 Å². The zero-order chi connectivity index (χ0) is 32.9. The van der Waals surface area contributed by atoms with Gasteiger partial charge in [-0.25, -0.2) is 0 Å². The van der Waals surface area contributed by atoms with E-state index in [2.05, 4.69) is 193 Å². The molecule has 0 atom stereocenters. The molecule has 0 radical (unpaired) electrons. The average Bonchev–Trinajstić information content (AvgIpc) is 3.59. The third-order valence-electron chi connectivity index (χ3n) is 8.88. The normalized spacial score (nSPS) is 11.7. The van der Waals surface area contributed by atoms with Gasteiger partial charge in [-0.05, 0) is 107 Å². The predicted octanol–water partition coefficient (Wildman–Crippen LogP) is 12.9. The van der Waals surface area contributed by atoms with Crippen molar-refractivity contribution in [2.45, 2.75) is 13.8 Å². The lowest BCUT2D eigenvalue weighted by molar-refractivity contribution is 1.13. The largest absolute Gasteiger partial charge is 0.316 e. The number of hydrogen-bond donors (Lipinski definition) is 0. The van der Waals surface area contributed by atoms with Gasteiger partial charge in [0.15, 0.2) is 0 Å². The Bertz CT molecular complexity index is 2230. The fraction of sp³-hybridized carbons (Fsp3) is 0.0435. The molecule has 0 N–H and O–H groups in total. The Hall–Kier alpha value is -6.12. The maximum Gasteiger partial charge on any atom is 0.0584 e. The second-order valence-corrected chi connectivity index (χ2v) is 11.9. The minimum absolute atomic E-state index is 1.09. The van der Waals surface area contributed by atoms with E-state index in [-0.39, 0.29) is 0 Å². The van der Waals surface area contributed by atoms with Crippen molar-refractivity contribution in [3.8, 4) is 27.9 Å². The zero-order valence-corrected chi connectivity index (χ0v) is 27.4. The highest BCUT2D eigenvalue weighted by Gasteiger charge is 2.20. The van der Waals surface area contributed by atoms with Crippen LogP contribution in [-0.2, 0) is 0 Å². The maximum atomic E-state index is 4.06. The van der Waals surface area contributed by atoms with E-state index in [1.165, 1.54) is 44.4 Å². The summed E-state index contributed by atoms with van der Waals surface area (Å²) in [6.07, 6.45) is 10.3. The number of aryl methyl sites for hydroxylation is 1. The number of hydrogen-bond acceptors (Lipinski definition) is 1. The van der Waals surface area contributed by atoms with Crippen LogP contribution in [0.3, 0.4) is 0 Å². The van der Waals surface area contributed by atoms with Gasteiger partial charge in [-0.3, -0.25) is 0 Å². The minimum atomic E-state index is 1.09. The van der Waals surface area contributed by atoms with Crippen molar-refractivity contribution in [3.05, 3.63) is 200 Å². The number of nitrogens with zero attached hydrogens (tertiary/aromatic N) is 2. The molecular weight excluding hydrogens is 581 g/mol. The van der Waals surface area contributed by atoms with E-state index in [4.69, 9.17) is 0 Å². The summed E-state index contributed by atoms with van der Waals surface area (Å²) in [4.78, 5) is 2.39. The average molecular weight is 619 g/mol. The lowest BCUT2D eigenvalue weighted by Crippen LogP contribution is -2.12. The molecule has 0 aliphatic carbocycles. The summed E-state index contributed by atoms with van der Waals surface area (Å²) in [5.74, 6) is 0. The molecule has 232 valence electrons. The van der Waals surface area contributed by atoms with Crippen LogP contribution in [-0.4, -0.2) is 4.57 Å². The zero-order valence-electron chi connectivity index (χ0n) is 27.4. The Morgan fingerprint density at radius 3 is 1.88 bits per heavy atom. The third kappa shape index (κ3) is 6.04. The molecule has 0 spiro atoms. The van der Waals surface area contributed by atoms with Crippen molar-refractivity contribution < 1.29 is 0 Å². The monoisotopic (exact) mass is 618 g/mol. The lowest BCUT2D eigenvalue weighted by Gasteiger charge is -2.28. The first-order valence-electron chi connectivity index (χ1n) is 16.4. The van der Waals surface area contributed by atoms with Gasteiger partial charge in [-0.2, -0.15) is 0 Å². The molecule has 0 aliphatic heterocycles. The molecule has 0 saturated carbocycles. The summed E-state index contributed by atoms with van der Waals surface area (Å²) < 4.78 is 2.27. The van der Waals surface area contributed by atoms with Crippen LogP contribution < -0.4 is 4.90 Å².